The average Bonchev–Trinajstić information content (AvgIpc) is 2.96. The number of hydrogen-bond acceptors (Lipinski definition) is 5. The van der Waals surface area contributed by atoms with Gasteiger partial charge in [0.05, 0.1) is 12.2 Å². The van der Waals surface area contributed by atoms with Gasteiger partial charge in [0.1, 0.15) is 10.8 Å². The van der Waals surface area contributed by atoms with Gasteiger partial charge in [-0.15, -0.1) is 11.3 Å². The van der Waals surface area contributed by atoms with Crippen LogP contribution in [0.5, 0.6) is 0 Å². The van der Waals surface area contributed by atoms with E-state index < -0.39 is 0 Å². The molecule has 3 heterocycles. The third-order valence-corrected chi connectivity index (χ3v) is 3.77. The second-order valence-electron chi connectivity index (χ2n) is 4.14. The number of thiazole rings is 1. The number of aryl methyl sites for hydroxylation is 1. The Morgan fingerprint density at radius 2 is 2.22 bits per heavy atom. The number of nitrogens with one attached hydrogen (secondary N) is 1. The number of nitrogens with zero attached hydrogens (tertiary/aromatic N) is 4. The molecule has 0 aliphatic heterocycles. The fraction of sp³-hybridized carbons (Fsp3) is 0.250. The summed E-state index contributed by atoms with van der Waals surface area (Å²) in [5.74, 6) is 0.836. The fourth-order valence-electron chi connectivity index (χ4n) is 1.75. The van der Waals surface area contributed by atoms with Gasteiger partial charge in [-0.3, -0.25) is 0 Å². The molecule has 0 amide bonds. The summed E-state index contributed by atoms with van der Waals surface area (Å²) < 4.78 is 1.74. The third kappa shape index (κ3) is 2.06. The Labute approximate surface area is 109 Å². The third-order valence-electron chi connectivity index (χ3n) is 2.63. The minimum atomic E-state index is 0.154. The summed E-state index contributed by atoms with van der Waals surface area (Å²) in [5.41, 5.74) is 1.89. The quantitative estimate of drug-likeness (QED) is 0.785. The molecule has 1 N–H and O–H groups in total. The van der Waals surface area contributed by atoms with E-state index in [1.807, 2.05) is 25.3 Å². The highest BCUT2D eigenvalue weighted by atomic mass is 32.1. The maximum Gasteiger partial charge on any atom is 0.157 e. The predicted molar refractivity (Wildman–Crippen MR) is 71.9 cm³/mol. The van der Waals surface area contributed by atoms with E-state index in [4.69, 9.17) is 0 Å². The summed E-state index contributed by atoms with van der Waals surface area (Å²) >= 11 is 1.66. The first kappa shape index (κ1) is 11.2. The SMILES string of the molecule is Cc1csc(C(C)Nc2ccn3nccc3n2)n1. The van der Waals surface area contributed by atoms with Crippen LogP contribution in [0.4, 0.5) is 5.82 Å². The lowest BCUT2D eigenvalue weighted by Gasteiger charge is -2.11. The van der Waals surface area contributed by atoms with Crippen LogP contribution in [-0.4, -0.2) is 19.6 Å². The van der Waals surface area contributed by atoms with Crippen LogP contribution in [0.3, 0.4) is 0 Å². The lowest BCUT2D eigenvalue weighted by molar-refractivity contribution is 0.850. The summed E-state index contributed by atoms with van der Waals surface area (Å²) in [6.45, 7) is 4.09. The van der Waals surface area contributed by atoms with Crippen molar-refractivity contribution in [2.75, 3.05) is 5.32 Å². The van der Waals surface area contributed by atoms with Gasteiger partial charge in [0.2, 0.25) is 0 Å². The van der Waals surface area contributed by atoms with E-state index >= 15 is 0 Å². The minimum absolute atomic E-state index is 0.154. The minimum Gasteiger partial charge on any atom is -0.361 e. The van der Waals surface area contributed by atoms with Crippen molar-refractivity contribution in [2.45, 2.75) is 19.9 Å². The van der Waals surface area contributed by atoms with Crippen molar-refractivity contribution in [2.24, 2.45) is 0 Å². The monoisotopic (exact) mass is 259 g/mol. The summed E-state index contributed by atoms with van der Waals surface area (Å²) in [4.78, 5) is 8.94. The molecule has 3 aromatic rings. The van der Waals surface area contributed by atoms with E-state index in [1.54, 1.807) is 22.0 Å². The average molecular weight is 259 g/mol. The van der Waals surface area contributed by atoms with Crippen LogP contribution in [0.15, 0.2) is 29.9 Å². The van der Waals surface area contributed by atoms with Crippen LogP contribution in [0.2, 0.25) is 0 Å². The molecule has 0 aliphatic rings. The molecule has 6 heteroatoms. The molecular formula is C12H13N5S. The molecule has 5 nitrogen and oxygen atoms in total. The number of hydrogen-bond donors (Lipinski definition) is 1. The van der Waals surface area contributed by atoms with E-state index in [9.17, 15) is 0 Å². The van der Waals surface area contributed by atoms with Crippen LogP contribution in [0.25, 0.3) is 5.65 Å². The second-order valence-corrected chi connectivity index (χ2v) is 5.03. The van der Waals surface area contributed by atoms with E-state index in [-0.39, 0.29) is 6.04 Å². The maximum absolute atomic E-state index is 4.47. The second kappa shape index (κ2) is 4.38. The molecule has 0 saturated carbocycles. The summed E-state index contributed by atoms with van der Waals surface area (Å²) in [7, 11) is 0. The van der Waals surface area contributed by atoms with Gasteiger partial charge < -0.3 is 5.32 Å². The van der Waals surface area contributed by atoms with E-state index in [0.29, 0.717) is 0 Å². The van der Waals surface area contributed by atoms with Crippen molar-refractivity contribution in [3.05, 3.63) is 40.6 Å². The molecule has 0 saturated heterocycles. The zero-order chi connectivity index (χ0) is 12.5. The lowest BCUT2D eigenvalue weighted by Crippen LogP contribution is -2.08. The van der Waals surface area contributed by atoms with Crippen molar-refractivity contribution < 1.29 is 0 Å². The molecule has 0 bridgehead atoms. The van der Waals surface area contributed by atoms with Crippen LogP contribution < -0.4 is 5.32 Å². The number of anilines is 1. The number of rotatable bonds is 3. The van der Waals surface area contributed by atoms with Gasteiger partial charge in [-0.1, -0.05) is 0 Å². The summed E-state index contributed by atoms with van der Waals surface area (Å²) in [6, 6.07) is 3.95. The summed E-state index contributed by atoms with van der Waals surface area (Å²) in [6.07, 6.45) is 3.63. The lowest BCUT2D eigenvalue weighted by atomic mass is 10.3. The largest absolute Gasteiger partial charge is 0.361 e. The molecule has 0 aromatic carbocycles. The van der Waals surface area contributed by atoms with Crippen molar-refractivity contribution in [1.29, 1.82) is 0 Å². The predicted octanol–water partition coefficient (Wildman–Crippen LogP) is 2.67. The van der Waals surface area contributed by atoms with Crippen molar-refractivity contribution in [1.82, 2.24) is 19.6 Å². The van der Waals surface area contributed by atoms with Crippen LogP contribution in [-0.2, 0) is 0 Å². The molecule has 0 aliphatic carbocycles. The zero-order valence-electron chi connectivity index (χ0n) is 10.2. The smallest absolute Gasteiger partial charge is 0.157 e. The first-order valence-electron chi connectivity index (χ1n) is 5.71. The van der Waals surface area contributed by atoms with Gasteiger partial charge in [0, 0.05) is 23.3 Å². The van der Waals surface area contributed by atoms with Crippen LogP contribution in [0.1, 0.15) is 23.7 Å². The topological polar surface area (TPSA) is 55.1 Å². The molecule has 1 atom stereocenters. The molecule has 0 radical (unpaired) electrons. The molecule has 0 spiro atoms. The zero-order valence-corrected chi connectivity index (χ0v) is 11.0. The Balaban J connectivity index is 1.83. The standard InChI is InChI=1S/C12H13N5S/c1-8-7-18-12(14-8)9(2)15-10-4-6-17-11(16-10)3-5-13-17/h3-7,9H,1-2H3,(H,15,16). The molecule has 18 heavy (non-hydrogen) atoms. The Morgan fingerprint density at radius 1 is 1.33 bits per heavy atom. The van der Waals surface area contributed by atoms with Gasteiger partial charge in [-0.05, 0) is 19.9 Å². The molecule has 0 fully saturated rings. The highest BCUT2D eigenvalue weighted by Gasteiger charge is 2.10. The van der Waals surface area contributed by atoms with Gasteiger partial charge >= 0.3 is 0 Å². The number of aromatic nitrogens is 4. The Kier molecular flexibility index (Phi) is 2.71. The van der Waals surface area contributed by atoms with E-state index in [2.05, 4.69) is 32.7 Å². The van der Waals surface area contributed by atoms with Crippen LogP contribution in [0, 0.1) is 6.92 Å². The van der Waals surface area contributed by atoms with Crippen molar-refractivity contribution >= 4 is 22.8 Å². The van der Waals surface area contributed by atoms with Gasteiger partial charge in [0.25, 0.3) is 0 Å². The van der Waals surface area contributed by atoms with E-state index in [0.717, 1.165) is 22.2 Å². The van der Waals surface area contributed by atoms with Gasteiger partial charge in [-0.25, -0.2) is 14.5 Å². The molecular weight excluding hydrogens is 246 g/mol. The molecule has 1 unspecified atom stereocenters. The van der Waals surface area contributed by atoms with Crippen molar-refractivity contribution in [3.63, 3.8) is 0 Å². The maximum atomic E-state index is 4.47. The first-order valence-corrected chi connectivity index (χ1v) is 6.59. The molecule has 3 aromatic heterocycles. The highest BCUT2D eigenvalue weighted by molar-refractivity contribution is 7.09. The van der Waals surface area contributed by atoms with Gasteiger partial charge in [-0.2, -0.15) is 5.10 Å². The van der Waals surface area contributed by atoms with E-state index in [1.165, 1.54) is 0 Å². The summed E-state index contributed by atoms with van der Waals surface area (Å²) in [5, 5.41) is 10.6. The Hall–Kier alpha value is -1.95. The highest BCUT2D eigenvalue weighted by Crippen LogP contribution is 2.21. The first-order chi connectivity index (χ1) is 8.72. The fourth-order valence-corrected chi connectivity index (χ4v) is 2.55. The van der Waals surface area contributed by atoms with Crippen LogP contribution >= 0.6 is 11.3 Å². The normalized spacial score (nSPS) is 12.8. The number of fused-ring (bicyclic) bond motifs is 1. The van der Waals surface area contributed by atoms with Gasteiger partial charge in [0.15, 0.2) is 5.65 Å². The Bertz CT molecular complexity index is 672. The molecule has 92 valence electrons. The Morgan fingerprint density at radius 3 is 3.00 bits per heavy atom. The molecule has 3 rings (SSSR count). The van der Waals surface area contributed by atoms with Crippen molar-refractivity contribution in [3.8, 4) is 0 Å².